The Kier molecular flexibility index (Phi) is 4.92. The fourth-order valence-corrected chi connectivity index (χ4v) is 3.34. The van der Waals surface area contributed by atoms with E-state index in [-0.39, 0.29) is 18.2 Å². The highest BCUT2D eigenvalue weighted by Crippen LogP contribution is 2.34. The van der Waals surface area contributed by atoms with Crippen LogP contribution in [0.5, 0.6) is 0 Å². The normalized spacial score (nSPS) is 13.6. The number of nitrogens with one attached hydrogen (secondary N) is 1. The molecule has 0 unspecified atom stereocenters. The third kappa shape index (κ3) is 3.90. The van der Waals surface area contributed by atoms with Gasteiger partial charge in [0.1, 0.15) is 0 Å². The van der Waals surface area contributed by atoms with E-state index in [9.17, 15) is 9.59 Å². The fourth-order valence-electron chi connectivity index (χ4n) is 2.40. The van der Waals surface area contributed by atoms with Gasteiger partial charge in [-0.1, -0.05) is 12.1 Å². The van der Waals surface area contributed by atoms with E-state index < -0.39 is 0 Å². The van der Waals surface area contributed by atoms with E-state index in [2.05, 4.69) is 10.3 Å². The van der Waals surface area contributed by atoms with Crippen molar-refractivity contribution in [1.29, 1.82) is 0 Å². The second kappa shape index (κ2) is 7.28. The Hall–Kier alpha value is -2.34. The van der Waals surface area contributed by atoms with Gasteiger partial charge in [0.2, 0.25) is 11.8 Å². The Morgan fingerprint density at radius 1 is 1.22 bits per heavy atom. The van der Waals surface area contributed by atoms with E-state index in [1.54, 1.807) is 29.1 Å². The average molecular weight is 327 g/mol. The van der Waals surface area contributed by atoms with Gasteiger partial charge in [0.15, 0.2) is 0 Å². The SMILES string of the molecule is O=C(CCN1C(=O)CSc2ccccc21)NCc1ccncc1. The second-order valence-electron chi connectivity index (χ2n) is 5.18. The van der Waals surface area contributed by atoms with Crippen molar-refractivity contribution in [2.45, 2.75) is 17.9 Å². The standard InChI is InChI=1S/C17H17N3O2S/c21-16(19-11-13-5-8-18-9-6-13)7-10-20-14-3-1-2-4-15(14)23-12-17(20)22/h1-6,8-9H,7,10-12H2,(H,19,21). The first-order valence-corrected chi connectivity index (χ1v) is 8.40. The first-order valence-electron chi connectivity index (χ1n) is 7.42. The monoisotopic (exact) mass is 327 g/mol. The molecule has 0 saturated heterocycles. The summed E-state index contributed by atoms with van der Waals surface area (Å²) in [4.78, 5) is 30.9. The summed E-state index contributed by atoms with van der Waals surface area (Å²) in [7, 11) is 0. The number of thioether (sulfide) groups is 1. The van der Waals surface area contributed by atoms with Gasteiger partial charge in [0, 0.05) is 36.8 Å². The van der Waals surface area contributed by atoms with Crippen LogP contribution in [0.4, 0.5) is 5.69 Å². The van der Waals surface area contributed by atoms with Gasteiger partial charge in [-0.25, -0.2) is 0 Å². The lowest BCUT2D eigenvalue weighted by atomic mass is 10.2. The Bertz CT molecular complexity index is 706. The summed E-state index contributed by atoms with van der Waals surface area (Å²) in [6.45, 7) is 0.875. The molecule has 23 heavy (non-hydrogen) atoms. The number of hydrogen-bond acceptors (Lipinski definition) is 4. The molecule has 0 saturated carbocycles. The third-order valence-corrected chi connectivity index (χ3v) is 4.66. The zero-order chi connectivity index (χ0) is 16.1. The predicted molar refractivity (Wildman–Crippen MR) is 90.2 cm³/mol. The number of carbonyl (C=O) groups is 2. The van der Waals surface area contributed by atoms with Crippen LogP contribution < -0.4 is 10.2 Å². The molecule has 1 N–H and O–H groups in total. The Labute approximate surface area is 139 Å². The first kappa shape index (κ1) is 15.6. The van der Waals surface area contributed by atoms with Crippen molar-refractivity contribution in [3.05, 3.63) is 54.4 Å². The molecular weight excluding hydrogens is 310 g/mol. The molecule has 2 amide bonds. The van der Waals surface area contributed by atoms with E-state index in [1.165, 1.54) is 0 Å². The molecule has 1 aliphatic rings. The molecule has 1 aromatic carbocycles. The highest BCUT2D eigenvalue weighted by Gasteiger charge is 2.24. The zero-order valence-electron chi connectivity index (χ0n) is 12.6. The number of nitrogens with zero attached hydrogens (tertiary/aromatic N) is 2. The number of benzene rings is 1. The maximum atomic E-state index is 12.1. The van der Waals surface area contributed by atoms with Crippen molar-refractivity contribution in [2.75, 3.05) is 17.2 Å². The number of pyridine rings is 1. The number of para-hydroxylation sites is 1. The molecular formula is C17H17N3O2S. The number of fused-ring (bicyclic) bond motifs is 1. The van der Waals surface area contributed by atoms with Crippen molar-refractivity contribution in [1.82, 2.24) is 10.3 Å². The van der Waals surface area contributed by atoms with Gasteiger partial charge in [-0.15, -0.1) is 11.8 Å². The molecule has 0 atom stereocenters. The van der Waals surface area contributed by atoms with Crippen LogP contribution in [-0.4, -0.2) is 29.1 Å². The quantitative estimate of drug-likeness (QED) is 0.915. The smallest absolute Gasteiger partial charge is 0.237 e. The number of carbonyl (C=O) groups excluding carboxylic acids is 2. The van der Waals surface area contributed by atoms with Crippen molar-refractivity contribution >= 4 is 29.3 Å². The van der Waals surface area contributed by atoms with Crippen LogP contribution in [0.15, 0.2) is 53.7 Å². The topological polar surface area (TPSA) is 62.3 Å². The molecule has 0 bridgehead atoms. The van der Waals surface area contributed by atoms with Crippen LogP contribution >= 0.6 is 11.8 Å². The molecule has 2 aromatic rings. The summed E-state index contributed by atoms with van der Waals surface area (Å²) in [5, 5.41) is 2.87. The number of aromatic nitrogens is 1. The minimum atomic E-state index is -0.0645. The highest BCUT2D eigenvalue weighted by molar-refractivity contribution is 8.00. The number of hydrogen-bond donors (Lipinski definition) is 1. The molecule has 2 heterocycles. The summed E-state index contributed by atoms with van der Waals surface area (Å²) in [6.07, 6.45) is 3.68. The second-order valence-corrected chi connectivity index (χ2v) is 6.20. The molecule has 6 heteroatoms. The molecule has 0 spiro atoms. The lowest BCUT2D eigenvalue weighted by molar-refractivity contribution is -0.121. The van der Waals surface area contributed by atoms with Crippen LogP contribution in [0, 0.1) is 0 Å². The van der Waals surface area contributed by atoms with Crippen LogP contribution in [0.1, 0.15) is 12.0 Å². The van der Waals surface area contributed by atoms with Gasteiger partial charge in [-0.3, -0.25) is 14.6 Å². The predicted octanol–water partition coefficient (Wildman–Crippen LogP) is 2.23. The Balaban J connectivity index is 1.55. The van der Waals surface area contributed by atoms with E-state index in [4.69, 9.17) is 0 Å². The summed E-state index contributed by atoms with van der Waals surface area (Å²) in [6, 6.07) is 11.5. The minimum absolute atomic E-state index is 0.0515. The van der Waals surface area contributed by atoms with Crippen LogP contribution in [0.2, 0.25) is 0 Å². The maximum absolute atomic E-state index is 12.1. The fraction of sp³-hybridized carbons (Fsp3) is 0.235. The van der Waals surface area contributed by atoms with Crippen LogP contribution in [-0.2, 0) is 16.1 Å². The van der Waals surface area contributed by atoms with E-state index in [0.29, 0.717) is 18.8 Å². The average Bonchev–Trinajstić information content (AvgIpc) is 2.60. The molecule has 3 rings (SSSR count). The van der Waals surface area contributed by atoms with Gasteiger partial charge in [-0.2, -0.15) is 0 Å². The molecule has 0 fully saturated rings. The highest BCUT2D eigenvalue weighted by atomic mass is 32.2. The molecule has 118 valence electrons. The zero-order valence-corrected chi connectivity index (χ0v) is 13.4. The lowest BCUT2D eigenvalue weighted by Gasteiger charge is -2.28. The third-order valence-electron chi connectivity index (χ3n) is 3.61. The van der Waals surface area contributed by atoms with Crippen molar-refractivity contribution in [2.24, 2.45) is 0 Å². The number of amides is 2. The summed E-state index contributed by atoms with van der Waals surface area (Å²) in [5.41, 5.74) is 1.90. The maximum Gasteiger partial charge on any atom is 0.237 e. The van der Waals surface area contributed by atoms with Crippen molar-refractivity contribution in [3.8, 4) is 0 Å². The summed E-state index contributed by atoms with van der Waals surface area (Å²) >= 11 is 1.54. The van der Waals surface area contributed by atoms with Crippen molar-refractivity contribution < 1.29 is 9.59 Å². The molecule has 1 aromatic heterocycles. The van der Waals surface area contributed by atoms with E-state index in [0.717, 1.165) is 16.1 Å². The first-order chi connectivity index (χ1) is 11.2. The Morgan fingerprint density at radius 3 is 2.83 bits per heavy atom. The number of rotatable bonds is 5. The van der Waals surface area contributed by atoms with E-state index >= 15 is 0 Å². The minimum Gasteiger partial charge on any atom is -0.352 e. The molecule has 5 nitrogen and oxygen atoms in total. The van der Waals surface area contributed by atoms with Gasteiger partial charge < -0.3 is 10.2 Å². The molecule has 0 radical (unpaired) electrons. The van der Waals surface area contributed by atoms with Gasteiger partial charge in [0.05, 0.1) is 11.4 Å². The van der Waals surface area contributed by atoms with Gasteiger partial charge in [0.25, 0.3) is 0 Å². The van der Waals surface area contributed by atoms with Gasteiger partial charge >= 0.3 is 0 Å². The number of anilines is 1. The van der Waals surface area contributed by atoms with E-state index in [1.807, 2.05) is 36.4 Å². The lowest BCUT2D eigenvalue weighted by Crippen LogP contribution is -2.38. The summed E-state index contributed by atoms with van der Waals surface area (Å²) < 4.78 is 0. The van der Waals surface area contributed by atoms with Crippen molar-refractivity contribution in [3.63, 3.8) is 0 Å². The van der Waals surface area contributed by atoms with Gasteiger partial charge in [-0.05, 0) is 29.8 Å². The Morgan fingerprint density at radius 2 is 2.00 bits per heavy atom. The molecule has 1 aliphatic heterocycles. The van der Waals surface area contributed by atoms with Crippen LogP contribution in [0.3, 0.4) is 0 Å². The largest absolute Gasteiger partial charge is 0.352 e. The van der Waals surface area contributed by atoms with Crippen LogP contribution in [0.25, 0.3) is 0 Å². The molecule has 0 aliphatic carbocycles. The summed E-state index contributed by atoms with van der Waals surface area (Å²) in [5.74, 6) is 0.413.